The van der Waals surface area contributed by atoms with Gasteiger partial charge in [-0.05, 0) is 73.6 Å². The van der Waals surface area contributed by atoms with Crippen LogP contribution in [-0.2, 0) is 17.6 Å². The third-order valence-corrected chi connectivity index (χ3v) is 5.32. The molecule has 0 saturated heterocycles. The van der Waals surface area contributed by atoms with Crippen LogP contribution in [0.15, 0.2) is 30.3 Å². The predicted octanol–water partition coefficient (Wildman–Crippen LogP) is 2.76. The zero-order chi connectivity index (χ0) is 18.9. The number of hydrogen-bond donors (Lipinski definition) is 4. The number of aryl methyl sites for hydroxylation is 2. The standard InChI is InChI=1S/C21H26N2O3/c1-13-6-16-9-21(3,10-17(16)7-14(13)2)23-11-20(26)15-4-5-19(25)18(8-15)22-12-24/h4-8,12,20,23,25-26H,9-11H2,1-3H3,(H,22,24). The fraction of sp³-hybridized carbons (Fsp3) is 0.381. The summed E-state index contributed by atoms with van der Waals surface area (Å²) >= 11 is 0. The number of fused-ring (bicyclic) bond motifs is 1. The third kappa shape index (κ3) is 3.74. The number of hydrogen-bond acceptors (Lipinski definition) is 4. The SMILES string of the molecule is Cc1cc2c(cc1C)CC(C)(NCC(O)c1ccc(O)c(NC=O)c1)C2. The molecule has 0 fully saturated rings. The van der Waals surface area contributed by atoms with E-state index >= 15 is 0 Å². The van der Waals surface area contributed by atoms with Gasteiger partial charge in [0.1, 0.15) is 5.75 Å². The van der Waals surface area contributed by atoms with E-state index in [-0.39, 0.29) is 11.3 Å². The van der Waals surface area contributed by atoms with Crippen molar-refractivity contribution >= 4 is 12.1 Å². The summed E-state index contributed by atoms with van der Waals surface area (Å²) in [5.74, 6) is -0.0232. The molecule has 1 unspecified atom stereocenters. The molecule has 2 aromatic carbocycles. The number of carbonyl (C=O) groups excluding carboxylic acids is 1. The first-order chi connectivity index (χ1) is 12.3. The molecule has 4 N–H and O–H groups in total. The van der Waals surface area contributed by atoms with E-state index in [0.717, 1.165) is 12.8 Å². The molecule has 0 heterocycles. The van der Waals surface area contributed by atoms with Crippen LogP contribution in [0.2, 0.25) is 0 Å². The minimum atomic E-state index is -0.730. The Morgan fingerprint density at radius 1 is 1.15 bits per heavy atom. The van der Waals surface area contributed by atoms with Gasteiger partial charge in [0.15, 0.2) is 0 Å². The van der Waals surface area contributed by atoms with Gasteiger partial charge in [-0.1, -0.05) is 18.2 Å². The lowest BCUT2D eigenvalue weighted by atomic mass is 9.97. The largest absolute Gasteiger partial charge is 0.506 e. The van der Waals surface area contributed by atoms with Crippen LogP contribution in [0, 0.1) is 13.8 Å². The number of benzene rings is 2. The lowest BCUT2D eigenvalue weighted by molar-refractivity contribution is -0.105. The lowest BCUT2D eigenvalue weighted by Crippen LogP contribution is -2.45. The number of carbonyl (C=O) groups is 1. The van der Waals surface area contributed by atoms with Gasteiger partial charge in [0.2, 0.25) is 6.41 Å². The lowest BCUT2D eigenvalue weighted by Gasteiger charge is -2.27. The summed E-state index contributed by atoms with van der Waals surface area (Å²) in [4.78, 5) is 10.6. The van der Waals surface area contributed by atoms with Crippen molar-refractivity contribution < 1.29 is 15.0 Å². The first kappa shape index (κ1) is 18.4. The van der Waals surface area contributed by atoms with Crippen molar-refractivity contribution in [2.45, 2.75) is 45.3 Å². The van der Waals surface area contributed by atoms with Gasteiger partial charge in [0.05, 0.1) is 11.8 Å². The Hall–Kier alpha value is -2.37. The van der Waals surface area contributed by atoms with E-state index in [0.29, 0.717) is 24.2 Å². The Morgan fingerprint density at radius 3 is 2.35 bits per heavy atom. The summed E-state index contributed by atoms with van der Waals surface area (Å²) in [5, 5.41) is 26.2. The molecule has 5 heteroatoms. The number of rotatable bonds is 6. The Bertz CT molecular complexity index is 801. The van der Waals surface area contributed by atoms with E-state index in [2.05, 4.69) is 43.5 Å². The Kier molecular flexibility index (Phi) is 5.03. The van der Waals surface area contributed by atoms with Gasteiger partial charge in [0.25, 0.3) is 0 Å². The quantitative estimate of drug-likeness (QED) is 0.475. The summed E-state index contributed by atoms with van der Waals surface area (Å²) in [6.07, 6.45) is 1.64. The Balaban J connectivity index is 1.67. The van der Waals surface area contributed by atoms with E-state index in [9.17, 15) is 15.0 Å². The van der Waals surface area contributed by atoms with Gasteiger partial charge in [-0.15, -0.1) is 0 Å². The third-order valence-electron chi connectivity index (χ3n) is 5.32. The van der Waals surface area contributed by atoms with Crippen LogP contribution in [0.4, 0.5) is 5.69 Å². The number of aliphatic hydroxyl groups excluding tert-OH is 1. The molecule has 2 aromatic rings. The number of nitrogens with one attached hydrogen (secondary N) is 2. The molecule has 0 bridgehead atoms. The smallest absolute Gasteiger partial charge is 0.211 e. The van der Waals surface area contributed by atoms with Gasteiger partial charge >= 0.3 is 0 Å². The van der Waals surface area contributed by atoms with E-state index in [1.165, 1.54) is 28.3 Å². The molecule has 0 saturated carbocycles. The van der Waals surface area contributed by atoms with Crippen molar-refractivity contribution in [3.8, 4) is 5.75 Å². The second kappa shape index (κ2) is 7.09. The maximum absolute atomic E-state index is 10.6. The highest BCUT2D eigenvalue weighted by Crippen LogP contribution is 2.32. The van der Waals surface area contributed by atoms with Crippen molar-refractivity contribution in [3.63, 3.8) is 0 Å². The van der Waals surface area contributed by atoms with E-state index in [1.807, 2.05) is 0 Å². The van der Waals surface area contributed by atoms with E-state index in [1.54, 1.807) is 12.1 Å². The average molecular weight is 354 g/mol. The fourth-order valence-electron chi connectivity index (χ4n) is 3.69. The Labute approximate surface area is 154 Å². The van der Waals surface area contributed by atoms with Crippen LogP contribution in [0.5, 0.6) is 5.75 Å². The molecule has 0 aliphatic heterocycles. The van der Waals surface area contributed by atoms with Crippen LogP contribution in [0.25, 0.3) is 0 Å². The summed E-state index contributed by atoms with van der Waals surface area (Å²) in [6.45, 7) is 6.85. The molecule has 138 valence electrons. The molecule has 3 rings (SSSR count). The van der Waals surface area contributed by atoms with Crippen LogP contribution in [0.1, 0.15) is 40.8 Å². The molecular formula is C21H26N2O3. The molecule has 1 aliphatic carbocycles. The van der Waals surface area contributed by atoms with Crippen LogP contribution < -0.4 is 10.6 Å². The molecule has 1 amide bonds. The summed E-state index contributed by atoms with van der Waals surface area (Å²) < 4.78 is 0. The molecule has 26 heavy (non-hydrogen) atoms. The van der Waals surface area contributed by atoms with Gasteiger partial charge in [-0.2, -0.15) is 0 Å². The highest BCUT2D eigenvalue weighted by atomic mass is 16.3. The van der Waals surface area contributed by atoms with E-state index in [4.69, 9.17) is 0 Å². The summed E-state index contributed by atoms with van der Waals surface area (Å²) in [6, 6.07) is 9.27. The second-order valence-corrected chi connectivity index (χ2v) is 7.55. The number of amides is 1. The van der Waals surface area contributed by atoms with E-state index < -0.39 is 6.10 Å². The number of β-amino-alcohol motifs (C(OH)–C–C–N with tert-alkyl or cyclic N) is 1. The number of aromatic hydroxyl groups is 1. The van der Waals surface area contributed by atoms with Gasteiger partial charge < -0.3 is 20.8 Å². The normalized spacial score (nSPS) is 16.2. The number of anilines is 1. The van der Waals surface area contributed by atoms with Crippen LogP contribution in [0.3, 0.4) is 0 Å². The first-order valence-electron chi connectivity index (χ1n) is 8.86. The number of phenolic OH excluding ortho intramolecular Hbond substituents is 1. The van der Waals surface area contributed by atoms with Crippen LogP contribution >= 0.6 is 0 Å². The minimum Gasteiger partial charge on any atom is -0.506 e. The first-order valence-corrected chi connectivity index (χ1v) is 8.86. The predicted molar refractivity (Wildman–Crippen MR) is 102 cm³/mol. The van der Waals surface area contributed by atoms with Gasteiger partial charge in [0, 0.05) is 12.1 Å². The van der Waals surface area contributed by atoms with Gasteiger partial charge in [-0.25, -0.2) is 0 Å². The van der Waals surface area contributed by atoms with Crippen molar-refractivity contribution in [1.29, 1.82) is 0 Å². The maximum atomic E-state index is 10.6. The van der Waals surface area contributed by atoms with Crippen molar-refractivity contribution in [3.05, 3.63) is 58.1 Å². The molecule has 5 nitrogen and oxygen atoms in total. The fourth-order valence-corrected chi connectivity index (χ4v) is 3.69. The molecule has 1 aliphatic rings. The summed E-state index contributed by atoms with van der Waals surface area (Å²) in [7, 11) is 0. The zero-order valence-electron chi connectivity index (χ0n) is 15.5. The molecule has 0 aromatic heterocycles. The molecular weight excluding hydrogens is 328 g/mol. The molecule has 0 radical (unpaired) electrons. The Morgan fingerprint density at radius 2 is 1.77 bits per heavy atom. The van der Waals surface area contributed by atoms with Gasteiger partial charge in [-0.3, -0.25) is 4.79 Å². The minimum absolute atomic E-state index is 0.0232. The number of aliphatic hydroxyl groups is 1. The highest BCUT2D eigenvalue weighted by molar-refractivity contribution is 5.75. The molecule has 0 spiro atoms. The zero-order valence-corrected chi connectivity index (χ0v) is 15.5. The molecule has 1 atom stereocenters. The monoisotopic (exact) mass is 354 g/mol. The van der Waals surface area contributed by atoms with Crippen LogP contribution in [-0.4, -0.2) is 28.7 Å². The van der Waals surface area contributed by atoms with Crippen molar-refractivity contribution in [2.75, 3.05) is 11.9 Å². The van der Waals surface area contributed by atoms with Crippen molar-refractivity contribution in [2.24, 2.45) is 0 Å². The number of phenols is 1. The van der Waals surface area contributed by atoms with Crippen molar-refractivity contribution in [1.82, 2.24) is 5.32 Å². The topological polar surface area (TPSA) is 81.6 Å². The highest BCUT2D eigenvalue weighted by Gasteiger charge is 2.33. The maximum Gasteiger partial charge on any atom is 0.211 e. The second-order valence-electron chi connectivity index (χ2n) is 7.55. The summed E-state index contributed by atoms with van der Waals surface area (Å²) in [5.41, 5.74) is 6.22. The average Bonchev–Trinajstić information content (AvgIpc) is 2.91.